The Morgan fingerprint density at radius 3 is 2.53 bits per heavy atom. The number of benzene rings is 2. The van der Waals surface area contributed by atoms with Crippen LogP contribution in [0.5, 0.6) is 0 Å². The van der Waals surface area contributed by atoms with Crippen LogP contribution in [0.2, 0.25) is 0 Å². The molecule has 8 heteroatoms. The molecule has 1 aliphatic rings. The number of nitro groups is 1. The van der Waals surface area contributed by atoms with Gasteiger partial charge in [0, 0.05) is 38.0 Å². The van der Waals surface area contributed by atoms with Crippen molar-refractivity contribution in [3.05, 3.63) is 80.9 Å². The zero-order valence-corrected chi connectivity index (χ0v) is 16.7. The minimum Gasteiger partial charge on any atom is -0.507 e. The SMILES string of the molecule is COCCCN1C(=O)C(=O)/C(=C(\O)c2ccc(C)cc2)C1c1cccc([N+](=O)[O-])c1. The van der Waals surface area contributed by atoms with Crippen molar-refractivity contribution in [3.8, 4) is 0 Å². The number of ether oxygens (including phenoxy) is 1. The van der Waals surface area contributed by atoms with Gasteiger partial charge >= 0.3 is 0 Å². The lowest BCUT2D eigenvalue weighted by Crippen LogP contribution is -2.31. The molecule has 30 heavy (non-hydrogen) atoms. The van der Waals surface area contributed by atoms with Crippen LogP contribution >= 0.6 is 0 Å². The molecule has 1 atom stereocenters. The van der Waals surface area contributed by atoms with Gasteiger partial charge in [0.1, 0.15) is 5.76 Å². The Balaban J connectivity index is 2.15. The minimum absolute atomic E-state index is 0.0817. The van der Waals surface area contributed by atoms with E-state index in [4.69, 9.17) is 4.74 Å². The lowest BCUT2D eigenvalue weighted by atomic mass is 9.94. The third-order valence-electron chi connectivity index (χ3n) is 5.01. The fourth-order valence-electron chi connectivity index (χ4n) is 3.51. The van der Waals surface area contributed by atoms with E-state index in [2.05, 4.69) is 0 Å². The summed E-state index contributed by atoms with van der Waals surface area (Å²) in [5, 5.41) is 22.2. The second kappa shape index (κ2) is 8.87. The molecule has 0 aromatic heterocycles. The van der Waals surface area contributed by atoms with Gasteiger partial charge in [0.2, 0.25) is 0 Å². The van der Waals surface area contributed by atoms with Crippen LogP contribution in [-0.2, 0) is 14.3 Å². The number of hydrogen-bond donors (Lipinski definition) is 1. The third kappa shape index (κ3) is 4.08. The van der Waals surface area contributed by atoms with Gasteiger partial charge in [0.05, 0.1) is 16.5 Å². The number of aryl methyl sites for hydroxylation is 1. The average molecular weight is 410 g/mol. The summed E-state index contributed by atoms with van der Waals surface area (Å²) in [5.74, 6) is -1.88. The predicted molar refractivity (Wildman–Crippen MR) is 110 cm³/mol. The van der Waals surface area contributed by atoms with Crippen molar-refractivity contribution < 1.29 is 24.4 Å². The van der Waals surface area contributed by atoms with Crippen molar-refractivity contribution in [2.45, 2.75) is 19.4 Å². The number of nitrogens with zero attached hydrogens (tertiary/aromatic N) is 2. The van der Waals surface area contributed by atoms with Crippen molar-refractivity contribution in [2.24, 2.45) is 0 Å². The molecule has 3 rings (SSSR count). The normalized spacial score (nSPS) is 18.1. The number of ketones is 1. The van der Waals surface area contributed by atoms with Crippen LogP contribution in [0.25, 0.3) is 5.76 Å². The predicted octanol–water partition coefficient (Wildman–Crippen LogP) is 3.36. The number of non-ortho nitro benzene ring substituents is 1. The number of aliphatic hydroxyl groups excluding tert-OH is 1. The van der Waals surface area contributed by atoms with Crippen LogP contribution in [-0.4, -0.2) is 46.9 Å². The number of hydrogen-bond acceptors (Lipinski definition) is 6. The molecular weight excluding hydrogens is 388 g/mol. The number of nitro benzene ring substituents is 1. The second-order valence-electron chi connectivity index (χ2n) is 7.06. The van der Waals surface area contributed by atoms with Crippen molar-refractivity contribution in [3.63, 3.8) is 0 Å². The average Bonchev–Trinajstić information content (AvgIpc) is 2.99. The Labute approximate surface area is 173 Å². The summed E-state index contributed by atoms with van der Waals surface area (Å²) in [6.45, 7) is 2.47. The maximum absolute atomic E-state index is 12.9. The summed E-state index contributed by atoms with van der Waals surface area (Å²) in [4.78, 5) is 37.6. The molecule has 0 spiro atoms. The highest BCUT2D eigenvalue weighted by atomic mass is 16.6. The van der Waals surface area contributed by atoms with Crippen LogP contribution in [0.4, 0.5) is 5.69 Å². The molecule has 1 unspecified atom stereocenters. The highest BCUT2D eigenvalue weighted by Gasteiger charge is 2.46. The molecule has 1 N–H and O–H groups in total. The number of aliphatic hydroxyl groups is 1. The van der Waals surface area contributed by atoms with Gasteiger partial charge in [-0.3, -0.25) is 19.7 Å². The highest BCUT2D eigenvalue weighted by Crippen LogP contribution is 2.40. The summed E-state index contributed by atoms with van der Waals surface area (Å²) in [6.07, 6.45) is 0.472. The number of likely N-dealkylation sites (tertiary alicyclic amines) is 1. The monoisotopic (exact) mass is 410 g/mol. The maximum Gasteiger partial charge on any atom is 0.295 e. The summed E-state index contributed by atoms with van der Waals surface area (Å²) >= 11 is 0. The van der Waals surface area contributed by atoms with E-state index < -0.39 is 22.7 Å². The molecule has 156 valence electrons. The largest absolute Gasteiger partial charge is 0.507 e. The fourth-order valence-corrected chi connectivity index (χ4v) is 3.51. The lowest BCUT2D eigenvalue weighted by Gasteiger charge is -2.25. The molecule has 2 aromatic carbocycles. The van der Waals surface area contributed by atoms with Crippen molar-refractivity contribution in [1.82, 2.24) is 4.90 Å². The molecule has 2 aromatic rings. The number of carbonyl (C=O) groups excluding carboxylic acids is 2. The molecule has 1 amide bonds. The number of carbonyl (C=O) groups is 2. The van der Waals surface area contributed by atoms with Crippen LogP contribution in [0, 0.1) is 17.0 Å². The first kappa shape index (κ1) is 21.2. The Hall–Kier alpha value is -3.52. The van der Waals surface area contributed by atoms with Gasteiger partial charge in [-0.15, -0.1) is 0 Å². The molecular formula is C22H22N2O6. The van der Waals surface area contributed by atoms with Crippen LogP contribution in [0.15, 0.2) is 54.1 Å². The van der Waals surface area contributed by atoms with Gasteiger partial charge in [0.15, 0.2) is 0 Å². The first-order valence-electron chi connectivity index (χ1n) is 9.44. The molecule has 0 bridgehead atoms. The Morgan fingerprint density at radius 1 is 1.20 bits per heavy atom. The molecule has 0 radical (unpaired) electrons. The van der Waals surface area contributed by atoms with E-state index in [-0.39, 0.29) is 23.6 Å². The van der Waals surface area contributed by atoms with Gasteiger partial charge in [-0.1, -0.05) is 42.0 Å². The van der Waals surface area contributed by atoms with Gasteiger partial charge in [-0.25, -0.2) is 0 Å². The maximum atomic E-state index is 12.9. The van der Waals surface area contributed by atoms with Crippen LogP contribution in [0.3, 0.4) is 0 Å². The number of amides is 1. The van der Waals surface area contributed by atoms with Gasteiger partial charge < -0.3 is 14.7 Å². The molecule has 8 nitrogen and oxygen atoms in total. The molecule has 1 fully saturated rings. The standard InChI is InChI=1S/C22H22N2O6/c1-14-7-9-15(10-8-14)20(25)18-19(16-5-3-6-17(13-16)24(28)29)23(11-4-12-30-2)22(27)21(18)26/h3,5-10,13,19,25H,4,11-12H2,1-2H3/b20-18-. The summed E-state index contributed by atoms with van der Waals surface area (Å²) in [6, 6.07) is 11.7. The molecule has 1 aliphatic heterocycles. The number of rotatable bonds is 7. The zero-order valence-electron chi connectivity index (χ0n) is 16.7. The summed E-state index contributed by atoms with van der Waals surface area (Å²) < 4.78 is 5.04. The topological polar surface area (TPSA) is 110 Å². The second-order valence-corrected chi connectivity index (χ2v) is 7.06. The number of Topliss-reactive ketones (excluding diaryl/α,β-unsaturated/α-hetero) is 1. The van der Waals surface area contributed by atoms with Crippen LogP contribution < -0.4 is 0 Å². The highest BCUT2D eigenvalue weighted by molar-refractivity contribution is 6.46. The Kier molecular flexibility index (Phi) is 6.27. The van der Waals surface area contributed by atoms with E-state index in [1.165, 1.54) is 30.2 Å². The first-order chi connectivity index (χ1) is 14.3. The van der Waals surface area contributed by atoms with Crippen molar-refractivity contribution in [2.75, 3.05) is 20.3 Å². The lowest BCUT2D eigenvalue weighted by molar-refractivity contribution is -0.384. The fraction of sp³-hybridized carbons (Fsp3) is 0.273. The Bertz CT molecular complexity index is 1010. The summed E-state index contributed by atoms with van der Waals surface area (Å²) in [7, 11) is 1.53. The summed E-state index contributed by atoms with van der Waals surface area (Å²) in [5.41, 5.74) is 1.51. The molecule has 1 heterocycles. The molecule has 0 saturated carbocycles. The van der Waals surface area contributed by atoms with Crippen molar-refractivity contribution >= 4 is 23.1 Å². The van der Waals surface area contributed by atoms with Gasteiger partial charge in [-0.2, -0.15) is 0 Å². The number of methoxy groups -OCH3 is 1. The minimum atomic E-state index is -0.928. The first-order valence-corrected chi connectivity index (χ1v) is 9.44. The van der Waals surface area contributed by atoms with E-state index in [1.54, 1.807) is 30.3 Å². The van der Waals surface area contributed by atoms with Gasteiger partial charge in [-0.05, 0) is 18.9 Å². The van der Waals surface area contributed by atoms with Gasteiger partial charge in [0.25, 0.3) is 17.4 Å². The quantitative estimate of drug-likeness (QED) is 0.187. The Morgan fingerprint density at radius 2 is 1.90 bits per heavy atom. The van der Waals surface area contributed by atoms with E-state index in [0.717, 1.165) is 5.56 Å². The van der Waals surface area contributed by atoms with E-state index in [0.29, 0.717) is 24.2 Å². The molecule has 1 saturated heterocycles. The van der Waals surface area contributed by atoms with E-state index in [9.17, 15) is 24.8 Å². The van der Waals surface area contributed by atoms with E-state index >= 15 is 0 Å². The zero-order chi connectivity index (χ0) is 21.8. The third-order valence-corrected chi connectivity index (χ3v) is 5.01. The van der Waals surface area contributed by atoms with E-state index in [1.807, 2.05) is 6.92 Å². The molecule has 0 aliphatic carbocycles. The smallest absolute Gasteiger partial charge is 0.295 e. The van der Waals surface area contributed by atoms with Crippen molar-refractivity contribution in [1.29, 1.82) is 0 Å². The van der Waals surface area contributed by atoms with Crippen LogP contribution in [0.1, 0.15) is 29.2 Å².